The number of methoxy groups -OCH3 is 1. The van der Waals surface area contributed by atoms with E-state index in [1.54, 1.807) is 25.3 Å². The molecule has 0 bridgehead atoms. The maximum absolute atomic E-state index is 12.0. The van der Waals surface area contributed by atoms with E-state index in [1.807, 2.05) is 6.07 Å². The van der Waals surface area contributed by atoms with Gasteiger partial charge in [0.05, 0.1) is 23.1 Å². The summed E-state index contributed by atoms with van der Waals surface area (Å²) in [5.74, 6) is 0.422. The Bertz CT molecular complexity index is 895. The van der Waals surface area contributed by atoms with Crippen LogP contribution in [-0.4, -0.2) is 22.5 Å². The molecule has 0 spiro atoms. The molecule has 3 rings (SSSR count). The molecule has 0 radical (unpaired) electrons. The lowest BCUT2D eigenvalue weighted by atomic mass is 10.1. The van der Waals surface area contributed by atoms with E-state index in [4.69, 9.17) is 4.74 Å². The van der Waals surface area contributed by atoms with Gasteiger partial charge >= 0.3 is 0 Å². The normalized spacial score (nSPS) is 11.0. The number of nitro groups is 1. The van der Waals surface area contributed by atoms with Crippen LogP contribution in [-0.2, 0) is 0 Å². The highest BCUT2D eigenvalue weighted by Gasteiger charge is 2.17. The van der Waals surface area contributed by atoms with E-state index in [1.165, 1.54) is 23.6 Å². The van der Waals surface area contributed by atoms with Gasteiger partial charge in [-0.15, -0.1) is 0 Å². The fraction of sp³-hybridized carbons (Fsp3) is 0.133. The predicted molar refractivity (Wildman–Crippen MR) is 79.0 cm³/mol. The second-order valence-corrected chi connectivity index (χ2v) is 4.70. The Morgan fingerprint density at radius 3 is 2.33 bits per heavy atom. The molecule has 3 aromatic rings. The number of non-ortho nitro benzene ring substituents is 1. The Labute approximate surface area is 119 Å². The maximum Gasteiger partial charge on any atom is 0.271 e. The summed E-state index contributed by atoms with van der Waals surface area (Å²) in [4.78, 5) is 22.4. The highest BCUT2D eigenvalue weighted by atomic mass is 16.6. The van der Waals surface area contributed by atoms with Crippen LogP contribution in [0.1, 0.15) is 11.7 Å². The van der Waals surface area contributed by atoms with Gasteiger partial charge in [0.2, 0.25) is 5.91 Å². The number of ether oxygens (including phenoxy) is 1. The molecule has 0 aliphatic carbocycles. The average molecular weight is 284 g/mol. The lowest BCUT2D eigenvalue weighted by Gasteiger charge is -2.03. The number of carbonyl (C=O) groups excluding carboxylic acids is 1. The van der Waals surface area contributed by atoms with Crippen molar-refractivity contribution in [3.63, 3.8) is 0 Å². The molecule has 0 aliphatic heterocycles. The topological polar surface area (TPSA) is 74.4 Å². The first-order valence-corrected chi connectivity index (χ1v) is 6.30. The number of fused-ring (bicyclic) bond motifs is 3. The van der Waals surface area contributed by atoms with Crippen molar-refractivity contribution in [2.24, 2.45) is 0 Å². The van der Waals surface area contributed by atoms with Crippen LogP contribution >= 0.6 is 0 Å². The van der Waals surface area contributed by atoms with E-state index in [0.717, 1.165) is 10.8 Å². The molecule has 6 heteroatoms. The lowest BCUT2D eigenvalue weighted by Crippen LogP contribution is -2.04. The fourth-order valence-electron chi connectivity index (χ4n) is 2.57. The quantitative estimate of drug-likeness (QED) is 0.534. The third-order valence-electron chi connectivity index (χ3n) is 3.48. The number of rotatable bonds is 2. The molecular formula is C15H12N2O4. The van der Waals surface area contributed by atoms with Crippen molar-refractivity contribution in [2.45, 2.75) is 6.92 Å². The highest BCUT2D eigenvalue weighted by molar-refractivity contribution is 6.13. The van der Waals surface area contributed by atoms with Gasteiger partial charge < -0.3 is 4.74 Å². The van der Waals surface area contributed by atoms with E-state index in [0.29, 0.717) is 16.8 Å². The van der Waals surface area contributed by atoms with Crippen LogP contribution in [0.25, 0.3) is 21.8 Å². The molecule has 0 aliphatic rings. The number of nitrogens with zero attached hydrogens (tertiary/aromatic N) is 2. The Balaban J connectivity index is 2.48. The summed E-state index contributed by atoms with van der Waals surface area (Å²) in [6, 6.07) is 9.93. The Kier molecular flexibility index (Phi) is 2.86. The van der Waals surface area contributed by atoms with E-state index < -0.39 is 4.92 Å². The zero-order valence-electron chi connectivity index (χ0n) is 11.5. The van der Waals surface area contributed by atoms with Gasteiger partial charge in [-0.05, 0) is 18.2 Å². The first-order valence-electron chi connectivity index (χ1n) is 6.30. The van der Waals surface area contributed by atoms with Crippen molar-refractivity contribution in [1.29, 1.82) is 0 Å². The van der Waals surface area contributed by atoms with Gasteiger partial charge in [0.1, 0.15) is 5.75 Å². The molecule has 2 aromatic carbocycles. The van der Waals surface area contributed by atoms with Crippen molar-refractivity contribution >= 4 is 33.4 Å². The second-order valence-electron chi connectivity index (χ2n) is 4.70. The van der Waals surface area contributed by atoms with Crippen molar-refractivity contribution in [3.05, 3.63) is 46.5 Å². The van der Waals surface area contributed by atoms with Gasteiger partial charge in [-0.1, -0.05) is 0 Å². The monoisotopic (exact) mass is 284 g/mol. The van der Waals surface area contributed by atoms with Crippen LogP contribution < -0.4 is 4.74 Å². The van der Waals surface area contributed by atoms with Gasteiger partial charge in [-0.2, -0.15) is 0 Å². The molecule has 0 amide bonds. The molecule has 6 nitrogen and oxygen atoms in total. The number of hydrogen-bond donors (Lipinski definition) is 0. The summed E-state index contributed by atoms with van der Waals surface area (Å²) < 4.78 is 6.65. The van der Waals surface area contributed by atoms with E-state index in [9.17, 15) is 14.9 Å². The minimum absolute atomic E-state index is 0.0419. The molecule has 0 saturated carbocycles. The molecular weight excluding hydrogens is 272 g/mol. The summed E-state index contributed by atoms with van der Waals surface area (Å²) >= 11 is 0. The molecule has 0 atom stereocenters. The largest absolute Gasteiger partial charge is 0.497 e. The van der Waals surface area contributed by atoms with E-state index >= 15 is 0 Å². The second kappa shape index (κ2) is 4.59. The molecule has 21 heavy (non-hydrogen) atoms. The van der Waals surface area contributed by atoms with Crippen LogP contribution in [0.3, 0.4) is 0 Å². The van der Waals surface area contributed by atoms with Crippen LogP contribution in [0.4, 0.5) is 5.69 Å². The first kappa shape index (κ1) is 13.1. The summed E-state index contributed by atoms with van der Waals surface area (Å²) in [6.07, 6.45) is 0. The molecule has 1 heterocycles. The Hall–Kier alpha value is -2.89. The van der Waals surface area contributed by atoms with Gasteiger partial charge in [-0.3, -0.25) is 19.5 Å². The summed E-state index contributed by atoms with van der Waals surface area (Å²) in [6.45, 7) is 1.43. The molecule has 0 N–H and O–H groups in total. The van der Waals surface area contributed by atoms with Gasteiger partial charge in [0, 0.05) is 35.9 Å². The van der Waals surface area contributed by atoms with Crippen LogP contribution in [0.15, 0.2) is 36.4 Å². The molecule has 106 valence electrons. The summed E-state index contributed by atoms with van der Waals surface area (Å²) in [7, 11) is 1.55. The van der Waals surface area contributed by atoms with Crippen LogP contribution in [0.2, 0.25) is 0 Å². The van der Waals surface area contributed by atoms with Gasteiger partial charge in [0.25, 0.3) is 5.69 Å². The van der Waals surface area contributed by atoms with E-state index in [2.05, 4.69) is 0 Å². The number of nitro benzene ring substituents is 1. The standard InChI is InChI=1S/C15H12N2O4/c1-9(18)16-14-7-10(17(19)20)3-5-12(14)13-6-4-11(21-2)8-15(13)16/h3-8H,1-2H3. The van der Waals surface area contributed by atoms with Gasteiger partial charge in [0.15, 0.2) is 0 Å². The lowest BCUT2D eigenvalue weighted by molar-refractivity contribution is -0.384. The zero-order chi connectivity index (χ0) is 15.1. The SMILES string of the molecule is COc1ccc2c3ccc([N+](=O)[O-])cc3n(C(C)=O)c2c1. The third-order valence-corrected chi connectivity index (χ3v) is 3.48. The Morgan fingerprint density at radius 1 is 1.14 bits per heavy atom. The average Bonchev–Trinajstić information content (AvgIpc) is 2.79. The minimum Gasteiger partial charge on any atom is -0.497 e. The number of aromatic nitrogens is 1. The van der Waals surface area contributed by atoms with Crippen molar-refractivity contribution < 1.29 is 14.5 Å². The first-order chi connectivity index (χ1) is 10.0. The van der Waals surface area contributed by atoms with Crippen molar-refractivity contribution in [1.82, 2.24) is 4.57 Å². The minimum atomic E-state index is -0.470. The Morgan fingerprint density at radius 2 is 1.76 bits per heavy atom. The van der Waals surface area contributed by atoms with E-state index in [-0.39, 0.29) is 11.6 Å². The van der Waals surface area contributed by atoms with Crippen molar-refractivity contribution in [3.8, 4) is 5.75 Å². The van der Waals surface area contributed by atoms with Crippen molar-refractivity contribution in [2.75, 3.05) is 7.11 Å². The molecule has 0 saturated heterocycles. The molecule has 0 fully saturated rings. The number of carbonyl (C=O) groups is 1. The highest BCUT2D eigenvalue weighted by Crippen LogP contribution is 2.33. The number of benzene rings is 2. The predicted octanol–water partition coefficient (Wildman–Crippen LogP) is 3.37. The zero-order valence-corrected chi connectivity index (χ0v) is 11.5. The summed E-state index contributed by atoms with van der Waals surface area (Å²) in [5.41, 5.74) is 1.16. The smallest absolute Gasteiger partial charge is 0.271 e. The number of hydrogen-bond acceptors (Lipinski definition) is 4. The molecule has 0 unspecified atom stereocenters. The van der Waals surface area contributed by atoms with Crippen LogP contribution in [0.5, 0.6) is 5.75 Å². The summed E-state index contributed by atoms with van der Waals surface area (Å²) in [5, 5.41) is 12.6. The third kappa shape index (κ3) is 1.92. The maximum atomic E-state index is 12.0. The molecule has 1 aromatic heterocycles. The van der Waals surface area contributed by atoms with Gasteiger partial charge in [-0.25, -0.2) is 0 Å². The fourth-order valence-corrected chi connectivity index (χ4v) is 2.57. The van der Waals surface area contributed by atoms with Crippen LogP contribution in [0, 0.1) is 10.1 Å².